The van der Waals surface area contributed by atoms with Crippen molar-refractivity contribution < 1.29 is 19.3 Å². The van der Waals surface area contributed by atoms with Crippen molar-refractivity contribution in [2.24, 2.45) is 5.92 Å². The Bertz CT molecular complexity index is 403. The van der Waals surface area contributed by atoms with Gasteiger partial charge < -0.3 is 19.3 Å². The summed E-state index contributed by atoms with van der Waals surface area (Å²) < 4.78 is 16.1. The average molecular weight is 252 g/mol. The minimum absolute atomic E-state index is 0.293. The quantitative estimate of drug-likeness (QED) is 0.872. The first-order valence-electron chi connectivity index (χ1n) is 6.10. The number of hydrogen-bond donors (Lipinski definition) is 1. The van der Waals surface area contributed by atoms with Crippen molar-refractivity contribution in [1.29, 1.82) is 0 Å². The zero-order valence-corrected chi connectivity index (χ0v) is 11.3. The lowest BCUT2D eigenvalue weighted by atomic mass is 10.0. The number of benzene rings is 1. The molecule has 4 heteroatoms. The maximum Gasteiger partial charge on any atom is 0.129 e. The van der Waals surface area contributed by atoms with E-state index in [1.165, 1.54) is 0 Å². The fourth-order valence-electron chi connectivity index (χ4n) is 2.48. The summed E-state index contributed by atoms with van der Waals surface area (Å²) in [6.45, 7) is 1.83. The molecule has 1 N–H and O–H groups in total. The molecule has 1 saturated carbocycles. The highest BCUT2D eigenvalue weighted by Crippen LogP contribution is 2.55. The van der Waals surface area contributed by atoms with Gasteiger partial charge >= 0.3 is 0 Å². The van der Waals surface area contributed by atoms with Crippen molar-refractivity contribution in [2.75, 3.05) is 21.3 Å². The van der Waals surface area contributed by atoms with E-state index in [2.05, 4.69) is 0 Å². The molecular weight excluding hydrogens is 232 g/mol. The summed E-state index contributed by atoms with van der Waals surface area (Å²) in [4.78, 5) is 0. The van der Waals surface area contributed by atoms with Crippen LogP contribution in [0.2, 0.25) is 0 Å². The van der Waals surface area contributed by atoms with Gasteiger partial charge in [0, 0.05) is 17.7 Å². The zero-order chi connectivity index (χ0) is 13.3. The molecule has 0 aliphatic heterocycles. The van der Waals surface area contributed by atoms with Gasteiger partial charge in [0.05, 0.1) is 27.4 Å². The molecule has 1 aliphatic carbocycles. The first-order valence-corrected chi connectivity index (χ1v) is 6.10. The Labute approximate surface area is 107 Å². The Morgan fingerprint density at radius 2 is 1.67 bits per heavy atom. The van der Waals surface area contributed by atoms with E-state index in [0.717, 1.165) is 23.5 Å². The van der Waals surface area contributed by atoms with Crippen molar-refractivity contribution >= 4 is 0 Å². The van der Waals surface area contributed by atoms with Crippen molar-refractivity contribution in [3.05, 3.63) is 17.7 Å². The topological polar surface area (TPSA) is 47.9 Å². The van der Waals surface area contributed by atoms with Gasteiger partial charge in [0.1, 0.15) is 17.2 Å². The third kappa shape index (κ3) is 2.25. The number of rotatable bonds is 5. The van der Waals surface area contributed by atoms with Crippen molar-refractivity contribution in [1.82, 2.24) is 0 Å². The highest BCUT2D eigenvalue weighted by atomic mass is 16.5. The molecule has 4 nitrogen and oxygen atoms in total. The van der Waals surface area contributed by atoms with Gasteiger partial charge in [-0.25, -0.2) is 0 Å². The fourth-order valence-corrected chi connectivity index (χ4v) is 2.48. The van der Waals surface area contributed by atoms with Gasteiger partial charge in [-0.15, -0.1) is 0 Å². The van der Waals surface area contributed by atoms with Gasteiger partial charge in [0.2, 0.25) is 0 Å². The summed E-state index contributed by atoms with van der Waals surface area (Å²) in [7, 11) is 4.89. The van der Waals surface area contributed by atoms with E-state index in [9.17, 15) is 5.11 Å². The molecule has 1 fully saturated rings. The van der Waals surface area contributed by atoms with Crippen LogP contribution in [-0.2, 0) is 0 Å². The molecule has 0 amide bonds. The number of aliphatic hydroxyl groups is 1. The number of hydrogen-bond acceptors (Lipinski definition) is 4. The van der Waals surface area contributed by atoms with E-state index in [0.29, 0.717) is 17.6 Å². The minimum atomic E-state index is -0.300. The second-order valence-electron chi connectivity index (χ2n) is 4.69. The van der Waals surface area contributed by atoms with Gasteiger partial charge in [-0.3, -0.25) is 0 Å². The predicted molar refractivity (Wildman–Crippen MR) is 68.6 cm³/mol. The van der Waals surface area contributed by atoms with Crippen LogP contribution in [0.4, 0.5) is 0 Å². The standard InChI is InChI=1S/C14H20O4/c1-8(15)10-7-11(10)14-12(17-3)5-9(16-2)6-13(14)18-4/h5-6,8,10-11,15H,7H2,1-4H3/t8-,10-,11-/m1/s1. The third-order valence-electron chi connectivity index (χ3n) is 3.58. The van der Waals surface area contributed by atoms with E-state index in [1.54, 1.807) is 21.3 Å². The maximum absolute atomic E-state index is 9.65. The van der Waals surface area contributed by atoms with Crippen LogP contribution >= 0.6 is 0 Å². The summed E-state index contributed by atoms with van der Waals surface area (Å²) in [6.07, 6.45) is 0.669. The SMILES string of the molecule is COc1cc(OC)c([C@@H]2C[C@@H]2[C@@H](C)O)c(OC)c1. The van der Waals surface area contributed by atoms with Crippen LogP contribution in [0, 0.1) is 5.92 Å². The molecule has 0 radical (unpaired) electrons. The Balaban J connectivity index is 2.39. The van der Waals surface area contributed by atoms with Gasteiger partial charge in [0.15, 0.2) is 0 Å². The summed E-state index contributed by atoms with van der Waals surface area (Å²) in [6, 6.07) is 3.71. The molecule has 1 aromatic carbocycles. The van der Waals surface area contributed by atoms with Crippen molar-refractivity contribution in [3.8, 4) is 17.2 Å². The lowest BCUT2D eigenvalue weighted by molar-refractivity contribution is 0.168. The van der Waals surface area contributed by atoms with Crippen LogP contribution in [0.1, 0.15) is 24.8 Å². The molecule has 0 aromatic heterocycles. The van der Waals surface area contributed by atoms with E-state index < -0.39 is 0 Å². The zero-order valence-electron chi connectivity index (χ0n) is 11.3. The monoisotopic (exact) mass is 252 g/mol. The summed E-state index contributed by atoms with van der Waals surface area (Å²) in [5.41, 5.74) is 1.03. The summed E-state index contributed by atoms with van der Waals surface area (Å²) in [5, 5.41) is 9.65. The minimum Gasteiger partial charge on any atom is -0.496 e. The van der Waals surface area contributed by atoms with Gasteiger partial charge in [-0.05, 0) is 25.2 Å². The Kier molecular flexibility index (Phi) is 3.66. The third-order valence-corrected chi connectivity index (χ3v) is 3.58. The molecule has 1 aliphatic rings. The molecule has 2 rings (SSSR count). The average Bonchev–Trinajstić information content (AvgIpc) is 3.17. The van der Waals surface area contributed by atoms with Crippen LogP contribution in [0.5, 0.6) is 17.2 Å². The van der Waals surface area contributed by atoms with Gasteiger partial charge in [-0.1, -0.05) is 0 Å². The largest absolute Gasteiger partial charge is 0.496 e. The molecule has 0 spiro atoms. The predicted octanol–water partition coefficient (Wildman–Crippen LogP) is 2.20. The van der Waals surface area contributed by atoms with Crippen molar-refractivity contribution in [2.45, 2.75) is 25.4 Å². The van der Waals surface area contributed by atoms with Gasteiger partial charge in [-0.2, -0.15) is 0 Å². The van der Waals surface area contributed by atoms with Gasteiger partial charge in [0.25, 0.3) is 0 Å². The second-order valence-corrected chi connectivity index (χ2v) is 4.69. The Morgan fingerprint density at radius 3 is 2.00 bits per heavy atom. The Morgan fingerprint density at radius 1 is 1.11 bits per heavy atom. The highest BCUT2D eigenvalue weighted by molar-refractivity contribution is 5.54. The van der Waals surface area contributed by atoms with Crippen LogP contribution < -0.4 is 14.2 Å². The highest BCUT2D eigenvalue weighted by Gasteiger charge is 2.44. The molecule has 0 heterocycles. The molecule has 1 aromatic rings. The van der Waals surface area contributed by atoms with E-state index in [1.807, 2.05) is 19.1 Å². The number of ether oxygens (including phenoxy) is 3. The van der Waals surface area contributed by atoms with E-state index >= 15 is 0 Å². The number of methoxy groups -OCH3 is 3. The maximum atomic E-state index is 9.65. The summed E-state index contributed by atoms with van der Waals surface area (Å²) in [5.74, 6) is 2.84. The molecule has 0 bridgehead atoms. The smallest absolute Gasteiger partial charge is 0.129 e. The lowest BCUT2D eigenvalue weighted by Crippen LogP contribution is -2.05. The molecule has 3 atom stereocenters. The molecule has 18 heavy (non-hydrogen) atoms. The lowest BCUT2D eigenvalue weighted by Gasteiger charge is -2.15. The van der Waals surface area contributed by atoms with Crippen LogP contribution in [0.3, 0.4) is 0 Å². The molecule has 0 saturated heterocycles. The fraction of sp³-hybridized carbons (Fsp3) is 0.571. The number of aliphatic hydroxyl groups excluding tert-OH is 1. The second kappa shape index (κ2) is 5.06. The Hall–Kier alpha value is -1.42. The van der Waals surface area contributed by atoms with E-state index in [4.69, 9.17) is 14.2 Å². The van der Waals surface area contributed by atoms with Crippen LogP contribution in [0.25, 0.3) is 0 Å². The van der Waals surface area contributed by atoms with E-state index in [-0.39, 0.29) is 6.10 Å². The molecule has 0 unspecified atom stereocenters. The van der Waals surface area contributed by atoms with Crippen molar-refractivity contribution in [3.63, 3.8) is 0 Å². The van der Waals surface area contributed by atoms with Crippen LogP contribution in [-0.4, -0.2) is 32.5 Å². The first kappa shape index (κ1) is 13.0. The summed E-state index contributed by atoms with van der Waals surface area (Å²) >= 11 is 0. The molecule has 100 valence electrons. The van der Waals surface area contributed by atoms with Crippen LogP contribution in [0.15, 0.2) is 12.1 Å². The molecular formula is C14H20O4. The normalized spacial score (nSPS) is 23.4. The first-order chi connectivity index (χ1) is 8.62.